The van der Waals surface area contributed by atoms with Crippen molar-refractivity contribution in [3.63, 3.8) is 0 Å². The van der Waals surface area contributed by atoms with Gasteiger partial charge < -0.3 is 10.1 Å². The van der Waals surface area contributed by atoms with Gasteiger partial charge in [0.05, 0.1) is 18.6 Å². The first-order valence-corrected chi connectivity index (χ1v) is 8.11. The summed E-state index contributed by atoms with van der Waals surface area (Å²) in [6, 6.07) is 12.7. The minimum atomic E-state index is -0.359. The molecule has 4 nitrogen and oxygen atoms in total. The lowest BCUT2D eigenvalue weighted by Gasteiger charge is -2.10. The number of anilines is 1. The van der Waals surface area contributed by atoms with E-state index in [1.54, 1.807) is 25.1 Å². The molecule has 0 aliphatic rings. The summed E-state index contributed by atoms with van der Waals surface area (Å²) >= 11 is 3.39. The Morgan fingerprint density at radius 3 is 2.61 bits per heavy atom. The summed E-state index contributed by atoms with van der Waals surface area (Å²) in [7, 11) is 0. The third kappa shape index (κ3) is 4.93. The van der Waals surface area contributed by atoms with Gasteiger partial charge in [-0.15, -0.1) is 0 Å². The van der Waals surface area contributed by atoms with E-state index in [-0.39, 0.29) is 11.9 Å². The molecule has 0 atom stereocenters. The number of aryl methyl sites for hydroxylation is 1. The van der Waals surface area contributed by atoms with Gasteiger partial charge in [-0.2, -0.15) is 0 Å². The summed E-state index contributed by atoms with van der Waals surface area (Å²) in [5.74, 6) is -0.460. The fourth-order valence-corrected chi connectivity index (χ4v) is 2.62. The molecule has 0 spiro atoms. The first kappa shape index (κ1) is 17.2. The molecule has 23 heavy (non-hydrogen) atoms. The minimum absolute atomic E-state index is 0.102. The van der Waals surface area contributed by atoms with Crippen LogP contribution in [-0.2, 0) is 16.0 Å². The second-order valence-corrected chi connectivity index (χ2v) is 6.02. The van der Waals surface area contributed by atoms with E-state index in [2.05, 4.69) is 21.2 Å². The van der Waals surface area contributed by atoms with E-state index in [0.29, 0.717) is 24.3 Å². The molecule has 2 rings (SSSR count). The van der Waals surface area contributed by atoms with Crippen molar-refractivity contribution in [1.82, 2.24) is 0 Å². The number of esters is 1. The molecular formula is C18H18BrNO3. The Kier molecular flexibility index (Phi) is 5.93. The lowest BCUT2D eigenvalue weighted by Crippen LogP contribution is -2.15. The van der Waals surface area contributed by atoms with Crippen LogP contribution >= 0.6 is 15.9 Å². The van der Waals surface area contributed by atoms with Gasteiger partial charge in [-0.1, -0.05) is 28.1 Å². The maximum absolute atomic E-state index is 12.1. The van der Waals surface area contributed by atoms with Gasteiger partial charge in [0, 0.05) is 10.2 Å². The summed E-state index contributed by atoms with van der Waals surface area (Å²) in [5.41, 5.74) is 2.92. The lowest BCUT2D eigenvalue weighted by molar-refractivity contribution is -0.115. The number of hydrogen-bond acceptors (Lipinski definition) is 3. The number of amides is 1. The highest BCUT2D eigenvalue weighted by Gasteiger charge is 2.10. The standard InChI is InChI=1S/C18H18BrNO3/c1-3-23-18(22)14-7-8-16(12(2)9-14)20-17(21)11-13-5-4-6-15(19)10-13/h4-10H,3,11H2,1-2H3,(H,20,21). The number of halogens is 1. The Hall–Kier alpha value is -2.14. The van der Waals surface area contributed by atoms with Crippen LogP contribution in [-0.4, -0.2) is 18.5 Å². The van der Waals surface area contributed by atoms with Crippen molar-refractivity contribution in [1.29, 1.82) is 0 Å². The van der Waals surface area contributed by atoms with Crippen molar-refractivity contribution in [3.05, 3.63) is 63.6 Å². The van der Waals surface area contributed by atoms with E-state index in [0.717, 1.165) is 15.6 Å². The Bertz CT molecular complexity index is 728. The number of carbonyl (C=O) groups is 2. The van der Waals surface area contributed by atoms with Gasteiger partial charge in [0.25, 0.3) is 0 Å². The largest absolute Gasteiger partial charge is 0.462 e. The predicted octanol–water partition coefficient (Wildman–Crippen LogP) is 4.12. The van der Waals surface area contributed by atoms with Crippen LogP contribution in [0.15, 0.2) is 46.9 Å². The van der Waals surface area contributed by atoms with Crippen LogP contribution in [0.2, 0.25) is 0 Å². The average Bonchev–Trinajstić information content (AvgIpc) is 2.49. The molecular weight excluding hydrogens is 358 g/mol. The number of nitrogens with one attached hydrogen (secondary N) is 1. The summed E-state index contributed by atoms with van der Waals surface area (Å²) in [5, 5.41) is 2.87. The second-order valence-electron chi connectivity index (χ2n) is 5.11. The molecule has 0 unspecified atom stereocenters. The third-order valence-electron chi connectivity index (χ3n) is 3.27. The van der Waals surface area contributed by atoms with Gasteiger partial charge in [0.2, 0.25) is 5.91 Å². The van der Waals surface area contributed by atoms with Gasteiger partial charge >= 0.3 is 5.97 Å². The normalized spacial score (nSPS) is 10.2. The molecule has 1 amide bonds. The molecule has 0 aliphatic heterocycles. The molecule has 0 saturated heterocycles. The molecule has 0 radical (unpaired) electrons. The maximum Gasteiger partial charge on any atom is 0.338 e. The first-order valence-electron chi connectivity index (χ1n) is 7.31. The van der Waals surface area contributed by atoms with E-state index >= 15 is 0 Å². The summed E-state index contributed by atoms with van der Waals surface area (Å²) in [6.07, 6.45) is 0.290. The Morgan fingerprint density at radius 1 is 1.17 bits per heavy atom. The number of hydrogen-bond donors (Lipinski definition) is 1. The molecule has 1 N–H and O–H groups in total. The SMILES string of the molecule is CCOC(=O)c1ccc(NC(=O)Cc2cccc(Br)c2)c(C)c1. The van der Waals surface area contributed by atoms with Gasteiger partial charge in [-0.05, 0) is 55.3 Å². The smallest absolute Gasteiger partial charge is 0.338 e. The fraction of sp³-hybridized carbons (Fsp3) is 0.222. The van der Waals surface area contributed by atoms with E-state index in [1.807, 2.05) is 31.2 Å². The zero-order valence-electron chi connectivity index (χ0n) is 13.1. The van der Waals surface area contributed by atoms with E-state index < -0.39 is 0 Å². The van der Waals surface area contributed by atoms with Crippen molar-refractivity contribution in [3.8, 4) is 0 Å². The third-order valence-corrected chi connectivity index (χ3v) is 3.76. The van der Waals surface area contributed by atoms with Crippen LogP contribution in [0.4, 0.5) is 5.69 Å². The molecule has 120 valence electrons. The zero-order chi connectivity index (χ0) is 16.8. The van der Waals surface area contributed by atoms with Crippen LogP contribution in [0.25, 0.3) is 0 Å². The summed E-state index contributed by atoms with van der Waals surface area (Å²) in [6.45, 7) is 3.95. The molecule has 0 bridgehead atoms. The quantitative estimate of drug-likeness (QED) is 0.799. The van der Waals surface area contributed by atoms with Crippen molar-refractivity contribution in [2.45, 2.75) is 20.3 Å². The van der Waals surface area contributed by atoms with Crippen molar-refractivity contribution in [2.24, 2.45) is 0 Å². The molecule has 0 fully saturated rings. The number of rotatable bonds is 5. The highest BCUT2D eigenvalue weighted by Crippen LogP contribution is 2.18. The Morgan fingerprint density at radius 2 is 1.96 bits per heavy atom. The first-order chi connectivity index (χ1) is 11.0. The van der Waals surface area contributed by atoms with Crippen LogP contribution in [0.1, 0.15) is 28.4 Å². The number of carbonyl (C=O) groups excluding carboxylic acids is 2. The molecule has 2 aromatic rings. The fourth-order valence-electron chi connectivity index (χ4n) is 2.17. The monoisotopic (exact) mass is 375 g/mol. The van der Waals surface area contributed by atoms with Gasteiger partial charge in [0.1, 0.15) is 0 Å². The molecule has 0 heterocycles. The van der Waals surface area contributed by atoms with Crippen LogP contribution in [0, 0.1) is 6.92 Å². The zero-order valence-corrected chi connectivity index (χ0v) is 14.6. The van der Waals surface area contributed by atoms with Crippen molar-refractivity contribution >= 4 is 33.5 Å². The molecule has 0 aromatic heterocycles. The summed E-state index contributed by atoms with van der Waals surface area (Å²) < 4.78 is 5.91. The lowest BCUT2D eigenvalue weighted by atomic mass is 10.1. The number of ether oxygens (including phenoxy) is 1. The van der Waals surface area contributed by atoms with E-state index in [1.165, 1.54) is 0 Å². The number of benzene rings is 2. The van der Waals surface area contributed by atoms with Gasteiger partial charge in [-0.25, -0.2) is 4.79 Å². The highest BCUT2D eigenvalue weighted by molar-refractivity contribution is 9.10. The van der Waals surface area contributed by atoms with Crippen molar-refractivity contribution in [2.75, 3.05) is 11.9 Å². The second kappa shape index (κ2) is 7.92. The van der Waals surface area contributed by atoms with Crippen LogP contribution < -0.4 is 5.32 Å². The summed E-state index contributed by atoms with van der Waals surface area (Å²) in [4.78, 5) is 23.8. The van der Waals surface area contributed by atoms with Crippen LogP contribution in [0.5, 0.6) is 0 Å². The van der Waals surface area contributed by atoms with Gasteiger partial charge in [-0.3, -0.25) is 4.79 Å². The predicted molar refractivity (Wildman–Crippen MR) is 93.6 cm³/mol. The highest BCUT2D eigenvalue weighted by atomic mass is 79.9. The Balaban J connectivity index is 2.05. The molecule has 0 saturated carbocycles. The molecule has 2 aromatic carbocycles. The van der Waals surface area contributed by atoms with Crippen LogP contribution in [0.3, 0.4) is 0 Å². The average molecular weight is 376 g/mol. The van der Waals surface area contributed by atoms with Gasteiger partial charge in [0.15, 0.2) is 0 Å². The van der Waals surface area contributed by atoms with Crippen molar-refractivity contribution < 1.29 is 14.3 Å². The van der Waals surface area contributed by atoms with E-state index in [9.17, 15) is 9.59 Å². The topological polar surface area (TPSA) is 55.4 Å². The Labute approximate surface area is 144 Å². The molecule has 5 heteroatoms. The maximum atomic E-state index is 12.1. The van der Waals surface area contributed by atoms with E-state index in [4.69, 9.17) is 4.74 Å². The molecule has 0 aliphatic carbocycles. The minimum Gasteiger partial charge on any atom is -0.462 e.